The summed E-state index contributed by atoms with van der Waals surface area (Å²) in [5.41, 5.74) is 1.09. The molecule has 0 saturated carbocycles. The third-order valence-corrected chi connectivity index (χ3v) is 3.85. The summed E-state index contributed by atoms with van der Waals surface area (Å²) in [7, 11) is 1.38. The average Bonchev–Trinajstić information content (AvgIpc) is 3.10. The van der Waals surface area contributed by atoms with Gasteiger partial charge in [-0.3, -0.25) is 4.79 Å². The van der Waals surface area contributed by atoms with E-state index in [4.69, 9.17) is 0 Å². The second-order valence-corrected chi connectivity index (χ2v) is 5.76. The van der Waals surface area contributed by atoms with Crippen LogP contribution in [0.4, 0.5) is 18.9 Å². The van der Waals surface area contributed by atoms with Crippen LogP contribution >= 0.6 is 0 Å². The molecule has 0 fully saturated rings. The highest BCUT2D eigenvalue weighted by molar-refractivity contribution is 6.03. The predicted molar refractivity (Wildman–Crippen MR) is 90.3 cm³/mol. The number of amides is 1. The third kappa shape index (κ3) is 3.58. The van der Waals surface area contributed by atoms with Gasteiger partial charge < -0.3 is 4.90 Å². The first-order valence-electron chi connectivity index (χ1n) is 7.70. The first-order valence-corrected chi connectivity index (χ1v) is 7.70. The van der Waals surface area contributed by atoms with E-state index in [1.54, 1.807) is 0 Å². The molecule has 3 rings (SSSR count). The highest BCUT2D eigenvalue weighted by atomic mass is 19.4. The summed E-state index contributed by atoms with van der Waals surface area (Å²) in [6.45, 7) is 1.95. The summed E-state index contributed by atoms with van der Waals surface area (Å²) < 4.78 is 40.0. The highest BCUT2D eigenvalue weighted by Crippen LogP contribution is 2.31. The Morgan fingerprint density at radius 3 is 2.46 bits per heavy atom. The number of hydrogen-bond acceptors (Lipinski definition) is 3. The number of alkyl halides is 3. The van der Waals surface area contributed by atoms with Gasteiger partial charge in [0, 0.05) is 12.7 Å². The van der Waals surface area contributed by atoms with Crippen molar-refractivity contribution in [1.29, 1.82) is 0 Å². The summed E-state index contributed by atoms with van der Waals surface area (Å²) in [5, 5.41) is 4.12. The number of carbonyl (C=O) groups excluding carboxylic acids is 1. The summed E-state index contributed by atoms with van der Waals surface area (Å²) in [6, 6.07) is 12.0. The molecule has 8 heteroatoms. The molecule has 0 radical (unpaired) electrons. The zero-order chi connectivity index (χ0) is 18.9. The van der Waals surface area contributed by atoms with Crippen molar-refractivity contribution in [3.63, 3.8) is 0 Å². The Hall–Kier alpha value is -3.16. The monoisotopic (exact) mass is 360 g/mol. The molecule has 0 aliphatic heterocycles. The van der Waals surface area contributed by atoms with E-state index < -0.39 is 17.6 Å². The van der Waals surface area contributed by atoms with Gasteiger partial charge in [0.15, 0.2) is 0 Å². The van der Waals surface area contributed by atoms with E-state index in [2.05, 4.69) is 10.1 Å². The van der Waals surface area contributed by atoms with Crippen LogP contribution in [0.5, 0.6) is 0 Å². The molecule has 0 unspecified atom stereocenters. The molecular formula is C18H15F3N4O. The quantitative estimate of drug-likeness (QED) is 0.712. The number of halogens is 3. The largest absolute Gasteiger partial charge is 0.416 e. The minimum absolute atomic E-state index is 0.106. The SMILES string of the molecule is Cc1ccc(-n2cnc(C(=O)N(C)c3cccc(C(F)(F)F)c3)n2)cc1. The van der Waals surface area contributed by atoms with E-state index in [1.165, 1.54) is 30.2 Å². The lowest BCUT2D eigenvalue weighted by Gasteiger charge is -2.17. The fourth-order valence-electron chi connectivity index (χ4n) is 2.34. The van der Waals surface area contributed by atoms with Crippen LogP contribution in [0.15, 0.2) is 54.9 Å². The van der Waals surface area contributed by atoms with Gasteiger partial charge in [0.05, 0.1) is 11.3 Å². The number of aromatic nitrogens is 3. The molecule has 3 aromatic rings. The predicted octanol–water partition coefficient (Wildman–Crippen LogP) is 3.87. The lowest BCUT2D eigenvalue weighted by molar-refractivity contribution is -0.137. The molecular weight excluding hydrogens is 345 g/mol. The second-order valence-electron chi connectivity index (χ2n) is 5.76. The van der Waals surface area contributed by atoms with Crippen LogP contribution < -0.4 is 4.90 Å². The zero-order valence-electron chi connectivity index (χ0n) is 14.0. The Kier molecular flexibility index (Phi) is 4.50. The Labute approximate surface area is 147 Å². The summed E-state index contributed by atoms with van der Waals surface area (Å²) in [5.74, 6) is -0.708. The van der Waals surface area contributed by atoms with E-state index >= 15 is 0 Å². The van der Waals surface area contributed by atoms with Gasteiger partial charge in [0.25, 0.3) is 5.91 Å². The maximum atomic E-state index is 12.8. The first kappa shape index (κ1) is 17.7. The highest BCUT2D eigenvalue weighted by Gasteiger charge is 2.31. The molecule has 0 saturated heterocycles. The van der Waals surface area contributed by atoms with Crippen molar-refractivity contribution in [3.8, 4) is 5.69 Å². The van der Waals surface area contributed by atoms with E-state index in [1.807, 2.05) is 31.2 Å². The van der Waals surface area contributed by atoms with Gasteiger partial charge in [-0.05, 0) is 37.3 Å². The Morgan fingerprint density at radius 2 is 1.81 bits per heavy atom. The van der Waals surface area contributed by atoms with Crippen LogP contribution in [0.3, 0.4) is 0 Å². The van der Waals surface area contributed by atoms with Gasteiger partial charge in [0.1, 0.15) is 6.33 Å². The maximum Gasteiger partial charge on any atom is 0.416 e. The molecule has 134 valence electrons. The molecule has 5 nitrogen and oxygen atoms in total. The van der Waals surface area contributed by atoms with Crippen LogP contribution in [-0.4, -0.2) is 27.7 Å². The topological polar surface area (TPSA) is 51.0 Å². The van der Waals surface area contributed by atoms with Gasteiger partial charge >= 0.3 is 6.18 Å². The van der Waals surface area contributed by atoms with Crippen LogP contribution in [0.2, 0.25) is 0 Å². The smallest absolute Gasteiger partial charge is 0.309 e. The fraction of sp³-hybridized carbons (Fsp3) is 0.167. The lowest BCUT2D eigenvalue weighted by atomic mass is 10.2. The minimum Gasteiger partial charge on any atom is -0.309 e. The van der Waals surface area contributed by atoms with Gasteiger partial charge in [-0.25, -0.2) is 9.67 Å². The molecule has 1 heterocycles. The van der Waals surface area contributed by atoms with Crippen LogP contribution in [0, 0.1) is 6.92 Å². The van der Waals surface area contributed by atoms with Crippen LogP contribution in [0.25, 0.3) is 5.69 Å². The number of anilines is 1. The van der Waals surface area contributed by atoms with Crippen molar-refractivity contribution in [2.45, 2.75) is 13.1 Å². The van der Waals surface area contributed by atoms with Gasteiger partial charge in [0.2, 0.25) is 5.82 Å². The van der Waals surface area contributed by atoms with E-state index in [-0.39, 0.29) is 11.5 Å². The van der Waals surface area contributed by atoms with Gasteiger partial charge in [-0.15, -0.1) is 5.10 Å². The molecule has 1 amide bonds. The second kappa shape index (κ2) is 6.62. The minimum atomic E-state index is -4.48. The van der Waals surface area contributed by atoms with Crippen molar-refractivity contribution in [3.05, 3.63) is 71.8 Å². The van der Waals surface area contributed by atoms with Crippen molar-refractivity contribution < 1.29 is 18.0 Å². The molecule has 0 bridgehead atoms. The molecule has 0 spiro atoms. The Morgan fingerprint density at radius 1 is 1.12 bits per heavy atom. The summed E-state index contributed by atoms with van der Waals surface area (Å²) >= 11 is 0. The molecule has 0 N–H and O–H groups in total. The average molecular weight is 360 g/mol. The van der Waals surface area contributed by atoms with E-state index in [0.29, 0.717) is 0 Å². The summed E-state index contributed by atoms with van der Waals surface area (Å²) in [6.07, 6.45) is -3.09. The zero-order valence-corrected chi connectivity index (χ0v) is 14.0. The number of nitrogens with zero attached hydrogens (tertiary/aromatic N) is 4. The van der Waals surface area contributed by atoms with Crippen LogP contribution in [0.1, 0.15) is 21.7 Å². The van der Waals surface area contributed by atoms with Crippen molar-refractivity contribution in [2.24, 2.45) is 0 Å². The first-order chi connectivity index (χ1) is 12.3. The van der Waals surface area contributed by atoms with Crippen LogP contribution in [-0.2, 0) is 6.18 Å². The third-order valence-electron chi connectivity index (χ3n) is 3.85. The van der Waals surface area contributed by atoms with Crippen molar-refractivity contribution >= 4 is 11.6 Å². The number of hydrogen-bond donors (Lipinski definition) is 0. The molecule has 0 aliphatic carbocycles. The van der Waals surface area contributed by atoms with E-state index in [0.717, 1.165) is 28.3 Å². The summed E-state index contributed by atoms with van der Waals surface area (Å²) in [4.78, 5) is 17.6. The van der Waals surface area contributed by atoms with Crippen molar-refractivity contribution in [1.82, 2.24) is 14.8 Å². The van der Waals surface area contributed by atoms with Gasteiger partial charge in [-0.2, -0.15) is 13.2 Å². The van der Waals surface area contributed by atoms with E-state index in [9.17, 15) is 18.0 Å². The van der Waals surface area contributed by atoms with Gasteiger partial charge in [-0.1, -0.05) is 23.8 Å². The molecule has 1 aromatic heterocycles. The lowest BCUT2D eigenvalue weighted by Crippen LogP contribution is -2.27. The molecule has 0 aliphatic rings. The molecule has 2 aromatic carbocycles. The maximum absolute atomic E-state index is 12.8. The standard InChI is InChI=1S/C18H15F3N4O/c1-12-6-8-14(9-7-12)25-11-22-16(23-25)17(26)24(2)15-5-3-4-13(10-15)18(19,20)21/h3-11H,1-2H3. The number of aryl methyl sites for hydroxylation is 1. The Balaban J connectivity index is 1.84. The fourth-order valence-corrected chi connectivity index (χ4v) is 2.34. The van der Waals surface area contributed by atoms with Crippen molar-refractivity contribution in [2.75, 3.05) is 11.9 Å². The number of rotatable bonds is 3. The molecule has 0 atom stereocenters. The number of carbonyl (C=O) groups is 1. The number of benzene rings is 2. The molecule has 26 heavy (non-hydrogen) atoms. The Bertz CT molecular complexity index is 932. The normalized spacial score (nSPS) is 11.4.